The molecular weight excluding hydrogens is 318 g/mol. The first-order valence-corrected chi connectivity index (χ1v) is 7.83. The average molecular weight is 338 g/mol. The first-order valence-electron chi connectivity index (χ1n) is 7.03. The Balaban J connectivity index is 2.05. The fourth-order valence-electron chi connectivity index (χ4n) is 1.99. The van der Waals surface area contributed by atoms with Crippen LogP contribution in [0.4, 0.5) is 0 Å². The molecule has 0 bridgehead atoms. The second-order valence-corrected chi connectivity index (χ2v) is 5.66. The van der Waals surface area contributed by atoms with Gasteiger partial charge >= 0.3 is 0 Å². The van der Waals surface area contributed by atoms with Crippen molar-refractivity contribution in [2.75, 3.05) is 13.1 Å². The quantitative estimate of drug-likeness (QED) is 0.762. The molecule has 0 aliphatic rings. The van der Waals surface area contributed by atoms with Gasteiger partial charge in [0.2, 0.25) is 11.7 Å². The predicted molar refractivity (Wildman–Crippen MR) is 83.3 cm³/mol. The molecule has 0 fully saturated rings. The Bertz CT molecular complexity index is 541. The van der Waals surface area contributed by atoms with Crippen molar-refractivity contribution in [3.05, 3.63) is 34.6 Å². The molecular formula is C15H20BrN3O. The minimum atomic E-state index is 0.646. The van der Waals surface area contributed by atoms with Gasteiger partial charge in [0.25, 0.3) is 0 Å². The number of aromatic nitrogens is 2. The summed E-state index contributed by atoms with van der Waals surface area (Å²) in [7, 11) is 0. The molecule has 0 amide bonds. The second kappa shape index (κ2) is 7.55. The third-order valence-electron chi connectivity index (χ3n) is 3.18. The molecule has 4 nitrogen and oxygen atoms in total. The summed E-state index contributed by atoms with van der Waals surface area (Å²) in [6.45, 7) is 7.14. The second-order valence-electron chi connectivity index (χ2n) is 4.74. The van der Waals surface area contributed by atoms with E-state index < -0.39 is 0 Å². The van der Waals surface area contributed by atoms with Gasteiger partial charge in [0, 0.05) is 10.0 Å². The number of hydrogen-bond donors (Lipinski definition) is 0. The molecule has 0 aliphatic heterocycles. The molecule has 0 N–H and O–H groups in total. The minimum Gasteiger partial charge on any atom is -0.338 e. The van der Waals surface area contributed by atoms with Crippen molar-refractivity contribution >= 4 is 15.9 Å². The van der Waals surface area contributed by atoms with Crippen LogP contribution >= 0.6 is 15.9 Å². The van der Waals surface area contributed by atoms with Gasteiger partial charge < -0.3 is 4.52 Å². The Labute approximate surface area is 128 Å². The van der Waals surface area contributed by atoms with Crippen LogP contribution in [-0.4, -0.2) is 28.1 Å². The number of unbranched alkanes of at least 4 members (excludes halogenated alkanes) is 1. The van der Waals surface area contributed by atoms with Crippen LogP contribution in [0.2, 0.25) is 0 Å². The van der Waals surface area contributed by atoms with Crippen LogP contribution in [0.3, 0.4) is 0 Å². The molecule has 20 heavy (non-hydrogen) atoms. The zero-order chi connectivity index (χ0) is 14.4. The lowest BCUT2D eigenvalue weighted by atomic mass is 10.2. The molecule has 0 aliphatic carbocycles. The van der Waals surface area contributed by atoms with Crippen LogP contribution < -0.4 is 0 Å². The lowest BCUT2D eigenvalue weighted by Gasteiger charge is -2.17. The maximum atomic E-state index is 5.35. The van der Waals surface area contributed by atoms with Crippen LogP contribution in [-0.2, 0) is 6.54 Å². The first-order chi connectivity index (χ1) is 9.72. The maximum Gasteiger partial charge on any atom is 0.241 e. The average Bonchev–Trinajstić information content (AvgIpc) is 2.92. The van der Waals surface area contributed by atoms with Gasteiger partial charge in [-0.1, -0.05) is 53.5 Å². The van der Waals surface area contributed by atoms with E-state index in [1.165, 1.54) is 12.8 Å². The van der Waals surface area contributed by atoms with Crippen LogP contribution in [0.25, 0.3) is 11.4 Å². The zero-order valence-corrected chi connectivity index (χ0v) is 13.6. The number of benzene rings is 1. The standard InChI is InChI=1S/C15H20BrN3O/c1-3-5-9-19(4-2)11-14-17-15(18-20-14)12-7-6-8-13(16)10-12/h6-8,10H,3-5,9,11H2,1-2H3. The molecule has 1 heterocycles. The molecule has 0 unspecified atom stereocenters. The van der Waals surface area contributed by atoms with Crippen molar-refractivity contribution < 1.29 is 4.52 Å². The third kappa shape index (κ3) is 4.15. The fraction of sp³-hybridized carbons (Fsp3) is 0.467. The highest BCUT2D eigenvalue weighted by Gasteiger charge is 2.12. The minimum absolute atomic E-state index is 0.646. The summed E-state index contributed by atoms with van der Waals surface area (Å²) >= 11 is 3.45. The molecule has 0 atom stereocenters. The van der Waals surface area contributed by atoms with E-state index in [1.54, 1.807) is 0 Å². The van der Waals surface area contributed by atoms with Gasteiger partial charge in [-0.15, -0.1) is 0 Å². The van der Waals surface area contributed by atoms with Gasteiger partial charge in [-0.2, -0.15) is 4.98 Å². The third-order valence-corrected chi connectivity index (χ3v) is 3.68. The molecule has 0 spiro atoms. The van der Waals surface area contributed by atoms with Crippen molar-refractivity contribution in [2.24, 2.45) is 0 Å². The van der Waals surface area contributed by atoms with E-state index in [0.717, 1.165) is 29.7 Å². The van der Waals surface area contributed by atoms with Crippen molar-refractivity contribution in [3.8, 4) is 11.4 Å². The van der Waals surface area contributed by atoms with Crippen molar-refractivity contribution in [2.45, 2.75) is 33.2 Å². The normalized spacial score (nSPS) is 11.2. The van der Waals surface area contributed by atoms with E-state index in [4.69, 9.17) is 4.52 Å². The summed E-state index contributed by atoms with van der Waals surface area (Å²) in [5, 5.41) is 4.06. The van der Waals surface area contributed by atoms with Gasteiger partial charge in [-0.25, -0.2) is 0 Å². The number of halogens is 1. The maximum absolute atomic E-state index is 5.35. The lowest BCUT2D eigenvalue weighted by Crippen LogP contribution is -2.24. The Morgan fingerprint density at radius 1 is 1.30 bits per heavy atom. The molecule has 1 aromatic carbocycles. The number of rotatable bonds is 7. The van der Waals surface area contributed by atoms with E-state index in [-0.39, 0.29) is 0 Å². The fourth-order valence-corrected chi connectivity index (χ4v) is 2.39. The van der Waals surface area contributed by atoms with Gasteiger partial charge in [0.1, 0.15) is 0 Å². The predicted octanol–water partition coefficient (Wildman–Crippen LogP) is 4.12. The summed E-state index contributed by atoms with van der Waals surface area (Å²) < 4.78 is 6.37. The summed E-state index contributed by atoms with van der Waals surface area (Å²) in [5.74, 6) is 1.32. The first kappa shape index (κ1) is 15.2. The highest BCUT2D eigenvalue weighted by atomic mass is 79.9. The van der Waals surface area contributed by atoms with Gasteiger partial charge in [0.15, 0.2) is 0 Å². The highest BCUT2D eigenvalue weighted by Crippen LogP contribution is 2.20. The van der Waals surface area contributed by atoms with Gasteiger partial charge in [-0.3, -0.25) is 4.90 Å². The van der Waals surface area contributed by atoms with E-state index in [9.17, 15) is 0 Å². The summed E-state index contributed by atoms with van der Waals surface area (Å²) in [6.07, 6.45) is 2.39. The topological polar surface area (TPSA) is 42.2 Å². The smallest absolute Gasteiger partial charge is 0.241 e. The summed E-state index contributed by atoms with van der Waals surface area (Å²) in [5.41, 5.74) is 0.964. The highest BCUT2D eigenvalue weighted by molar-refractivity contribution is 9.10. The summed E-state index contributed by atoms with van der Waals surface area (Å²) in [4.78, 5) is 6.80. The van der Waals surface area contributed by atoms with Gasteiger partial charge in [0.05, 0.1) is 6.54 Å². The van der Waals surface area contributed by atoms with Gasteiger partial charge in [-0.05, 0) is 31.6 Å². The monoisotopic (exact) mass is 337 g/mol. The van der Waals surface area contributed by atoms with E-state index in [1.807, 2.05) is 24.3 Å². The molecule has 0 saturated heterocycles. The molecule has 5 heteroatoms. The van der Waals surface area contributed by atoms with E-state index >= 15 is 0 Å². The van der Waals surface area contributed by atoms with Crippen LogP contribution in [0.1, 0.15) is 32.6 Å². The Kier molecular flexibility index (Phi) is 5.73. The molecule has 0 saturated carbocycles. The molecule has 2 aromatic rings. The van der Waals surface area contributed by atoms with Crippen molar-refractivity contribution in [1.82, 2.24) is 15.0 Å². The number of nitrogens with zero attached hydrogens (tertiary/aromatic N) is 3. The Hall–Kier alpha value is -1.20. The number of hydrogen-bond acceptors (Lipinski definition) is 4. The van der Waals surface area contributed by atoms with Crippen LogP contribution in [0.5, 0.6) is 0 Å². The summed E-state index contributed by atoms with van der Waals surface area (Å²) in [6, 6.07) is 7.92. The Morgan fingerprint density at radius 2 is 2.15 bits per heavy atom. The van der Waals surface area contributed by atoms with Crippen molar-refractivity contribution in [1.29, 1.82) is 0 Å². The molecule has 0 radical (unpaired) electrons. The molecule has 108 valence electrons. The van der Waals surface area contributed by atoms with Crippen LogP contribution in [0.15, 0.2) is 33.3 Å². The lowest BCUT2D eigenvalue weighted by molar-refractivity contribution is 0.233. The van der Waals surface area contributed by atoms with E-state index in [0.29, 0.717) is 11.7 Å². The molecule has 1 aromatic heterocycles. The van der Waals surface area contributed by atoms with E-state index in [2.05, 4.69) is 44.8 Å². The largest absolute Gasteiger partial charge is 0.338 e. The molecule has 2 rings (SSSR count). The van der Waals surface area contributed by atoms with Crippen molar-refractivity contribution in [3.63, 3.8) is 0 Å². The SMILES string of the molecule is CCCCN(CC)Cc1nc(-c2cccc(Br)c2)no1. The zero-order valence-electron chi connectivity index (χ0n) is 12.0. The Morgan fingerprint density at radius 3 is 2.85 bits per heavy atom. The van der Waals surface area contributed by atoms with Crippen LogP contribution in [0, 0.1) is 0 Å².